The predicted octanol–water partition coefficient (Wildman–Crippen LogP) is 3.00. The van der Waals surface area contributed by atoms with Crippen LogP contribution in [0, 0.1) is 0 Å². The maximum absolute atomic E-state index is 6.14. The van der Waals surface area contributed by atoms with Gasteiger partial charge < -0.3 is 9.73 Å². The first kappa shape index (κ1) is 12.9. The van der Waals surface area contributed by atoms with Crippen LogP contribution in [0.5, 0.6) is 0 Å². The summed E-state index contributed by atoms with van der Waals surface area (Å²) in [6, 6.07) is 5.68. The van der Waals surface area contributed by atoms with Crippen LogP contribution in [0.4, 0.5) is 5.82 Å². The lowest BCUT2D eigenvalue weighted by molar-refractivity contribution is 0.314. The van der Waals surface area contributed by atoms with E-state index in [0.717, 1.165) is 23.6 Å². The van der Waals surface area contributed by atoms with E-state index in [1.807, 2.05) is 32.3 Å². The second kappa shape index (κ2) is 5.89. The lowest BCUT2D eigenvalue weighted by atomic mass is 10.3. The number of hydrogen-bond acceptors (Lipinski definition) is 4. The zero-order chi connectivity index (χ0) is 13.0. The van der Waals surface area contributed by atoms with Crippen LogP contribution < -0.4 is 5.32 Å². The van der Waals surface area contributed by atoms with Crippen molar-refractivity contribution >= 4 is 17.4 Å². The molecule has 5 heteroatoms. The molecule has 18 heavy (non-hydrogen) atoms. The second-order valence-corrected chi connectivity index (χ2v) is 4.59. The summed E-state index contributed by atoms with van der Waals surface area (Å²) in [7, 11) is 3.87. The molecule has 0 aromatic carbocycles. The van der Waals surface area contributed by atoms with Crippen molar-refractivity contribution in [2.24, 2.45) is 0 Å². The minimum absolute atomic E-state index is 0.688. The highest BCUT2D eigenvalue weighted by Crippen LogP contribution is 2.18. The summed E-state index contributed by atoms with van der Waals surface area (Å²) in [4.78, 5) is 6.59. The Balaban J connectivity index is 2.04. The SMILES string of the molecule is CNc1ccc(Cl)c(CN(C)Cc2ccoc2)n1. The number of furan rings is 1. The predicted molar refractivity (Wildman–Crippen MR) is 72.7 cm³/mol. The maximum Gasteiger partial charge on any atom is 0.126 e. The van der Waals surface area contributed by atoms with Crippen molar-refractivity contribution < 1.29 is 4.42 Å². The molecule has 0 radical (unpaired) electrons. The van der Waals surface area contributed by atoms with Gasteiger partial charge >= 0.3 is 0 Å². The molecule has 2 aromatic heterocycles. The molecule has 0 aliphatic carbocycles. The van der Waals surface area contributed by atoms with Crippen LogP contribution in [0.2, 0.25) is 5.02 Å². The maximum atomic E-state index is 6.14. The molecule has 2 heterocycles. The van der Waals surface area contributed by atoms with Crippen LogP contribution >= 0.6 is 11.6 Å². The number of nitrogens with one attached hydrogen (secondary N) is 1. The van der Waals surface area contributed by atoms with Crippen LogP contribution in [0.3, 0.4) is 0 Å². The Labute approximate surface area is 112 Å². The van der Waals surface area contributed by atoms with Gasteiger partial charge in [0.2, 0.25) is 0 Å². The van der Waals surface area contributed by atoms with E-state index in [2.05, 4.69) is 15.2 Å². The lowest BCUT2D eigenvalue weighted by Gasteiger charge is -2.16. The highest BCUT2D eigenvalue weighted by atomic mass is 35.5. The first-order valence-electron chi connectivity index (χ1n) is 5.72. The van der Waals surface area contributed by atoms with E-state index in [9.17, 15) is 0 Å². The Morgan fingerprint density at radius 1 is 1.33 bits per heavy atom. The third kappa shape index (κ3) is 3.24. The van der Waals surface area contributed by atoms with Gasteiger partial charge in [0.25, 0.3) is 0 Å². The fourth-order valence-corrected chi connectivity index (χ4v) is 1.91. The van der Waals surface area contributed by atoms with E-state index in [0.29, 0.717) is 11.6 Å². The Bertz CT molecular complexity index is 499. The van der Waals surface area contributed by atoms with Crippen LogP contribution in [-0.2, 0) is 13.1 Å². The van der Waals surface area contributed by atoms with Gasteiger partial charge in [0.05, 0.1) is 23.2 Å². The van der Waals surface area contributed by atoms with Crippen molar-refractivity contribution in [2.45, 2.75) is 13.1 Å². The van der Waals surface area contributed by atoms with Crippen molar-refractivity contribution in [3.8, 4) is 0 Å². The Morgan fingerprint density at radius 3 is 2.83 bits per heavy atom. The van der Waals surface area contributed by atoms with Gasteiger partial charge in [-0.2, -0.15) is 0 Å². The molecular weight excluding hydrogens is 250 g/mol. The molecule has 1 N–H and O–H groups in total. The van der Waals surface area contributed by atoms with Gasteiger partial charge in [0.1, 0.15) is 5.82 Å². The minimum Gasteiger partial charge on any atom is -0.472 e. The number of anilines is 1. The zero-order valence-electron chi connectivity index (χ0n) is 10.5. The number of nitrogens with zero attached hydrogens (tertiary/aromatic N) is 2. The van der Waals surface area contributed by atoms with Crippen LogP contribution in [-0.4, -0.2) is 24.0 Å². The number of hydrogen-bond donors (Lipinski definition) is 1. The molecule has 0 spiro atoms. The third-order valence-electron chi connectivity index (χ3n) is 2.63. The van der Waals surface area contributed by atoms with Crippen molar-refractivity contribution in [3.05, 3.63) is 47.0 Å². The zero-order valence-corrected chi connectivity index (χ0v) is 11.2. The first-order valence-corrected chi connectivity index (χ1v) is 6.09. The topological polar surface area (TPSA) is 41.3 Å². The fourth-order valence-electron chi connectivity index (χ4n) is 1.74. The molecule has 0 bridgehead atoms. The summed E-state index contributed by atoms with van der Waals surface area (Å²) in [5, 5.41) is 3.70. The van der Waals surface area contributed by atoms with E-state index < -0.39 is 0 Å². The standard InChI is InChI=1S/C13H16ClN3O/c1-15-13-4-3-11(14)12(16-13)8-17(2)7-10-5-6-18-9-10/h3-6,9H,7-8H2,1-2H3,(H,15,16). The molecule has 0 amide bonds. The van der Waals surface area contributed by atoms with Gasteiger partial charge in [0.15, 0.2) is 0 Å². The lowest BCUT2D eigenvalue weighted by Crippen LogP contribution is -2.18. The van der Waals surface area contributed by atoms with Crippen LogP contribution in [0.1, 0.15) is 11.3 Å². The quantitative estimate of drug-likeness (QED) is 0.902. The molecule has 0 aliphatic heterocycles. The summed E-state index contributed by atoms with van der Waals surface area (Å²) in [5.41, 5.74) is 2.01. The third-order valence-corrected chi connectivity index (χ3v) is 2.97. The summed E-state index contributed by atoms with van der Waals surface area (Å²) < 4.78 is 5.05. The summed E-state index contributed by atoms with van der Waals surface area (Å²) >= 11 is 6.14. The molecular formula is C13H16ClN3O. The van der Waals surface area contributed by atoms with Gasteiger partial charge in [-0.05, 0) is 25.2 Å². The van der Waals surface area contributed by atoms with E-state index >= 15 is 0 Å². The average molecular weight is 266 g/mol. The molecule has 0 fully saturated rings. The van der Waals surface area contributed by atoms with E-state index in [4.69, 9.17) is 16.0 Å². The van der Waals surface area contributed by atoms with Gasteiger partial charge in [-0.1, -0.05) is 11.6 Å². The van der Waals surface area contributed by atoms with Crippen molar-refractivity contribution in [1.82, 2.24) is 9.88 Å². The normalized spacial score (nSPS) is 10.9. The molecule has 0 saturated carbocycles. The first-order chi connectivity index (χ1) is 8.69. The largest absolute Gasteiger partial charge is 0.472 e. The summed E-state index contributed by atoms with van der Waals surface area (Å²) in [6.45, 7) is 1.50. The highest BCUT2D eigenvalue weighted by molar-refractivity contribution is 6.31. The fraction of sp³-hybridized carbons (Fsp3) is 0.308. The van der Waals surface area contributed by atoms with Gasteiger partial charge in [-0.3, -0.25) is 4.90 Å². The Kier molecular flexibility index (Phi) is 4.23. The molecule has 96 valence electrons. The van der Waals surface area contributed by atoms with E-state index in [1.54, 1.807) is 12.5 Å². The van der Waals surface area contributed by atoms with Gasteiger partial charge in [-0.25, -0.2) is 4.98 Å². The Hall–Kier alpha value is -1.52. The van der Waals surface area contributed by atoms with Gasteiger partial charge in [-0.15, -0.1) is 0 Å². The molecule has 0 saturated heterocycles. The molecule has 0 unspecified atom stereocenters. The smallest absolute Gasteiger partial charge is 0.126 e. The van der Waals surface area contributed by atoms with Crippen LogP contribution in [0.15, 0.2) is 35.1 Å². The monoisotopic (exact) mass is 265 g/mol. The minimum atomic E-state index is 0.688. The molecule has 0 aliphatic rings. The van der Waals surface area contributed by atoms with Gasteiger partial charge in [0, 0.05) is 25.7 Å². The van der Waals surface area contributed by atoms with Crippen molar-refractivity contribution in [1.29, 1.82) is 0 Å². The Morgan fingerprint density at radius 2 is 2.17 bits per heavy atom. The molecule has 4 nitrogen and oxygen atoms in total. The van der Waals surface area contributed by atoms with E-state index in [1.165, 1.54) is 0 Å². The highest BCUT2D eigenvalue weighted by Gasteiger charge is 2.08. The van der Waals surface area contributed by atoms with Crippen molar-refractivity contribution in [2.75, 3.05) is 19.4 Å². The molecule has 2 aromatic rings. The number of aromatic nitrogens is 1. The van der Waals surface area contributed by atoms with Crippen LogP contribution in [0.25, 0.3) is 0 Å². The van der Waals surface area contributed by atoms with E-state index in [-0.39, 0.29) is 0 Å². The number of rotatable bonds is 5. The summed E-state index contributed by atoms with van der Waals surface area (Å²) in [5.74, 6) is 0.825. The number of halogens is 1. The summed E-state index contributed by atoms with van der Waals surface area (Å²) in [6.07, 6.45) is 3.42. The van der Waals surface area contributed by atoms with Crippen molar-refractivity contribution in [3.63, 3.8) is 0 Å². The second-order valence-electron chi connectivity index (χ2n) is 4.18. The molecule has 0 atom stereocenters. The average Bonchev–Trinajstić information content (AvgIpc) is 2.84. The number of pyridine rings is 1. The molecule has 2 rings (SSSR count).